The van der Waals surface area contributed by atoms with Crippen LogP contribution in [0.5, 0.6) is 0 Å². The number of anilines is 1. The highest BCUT2D eigenvalue weighted by atomic mass is 19.4. The van der Waals surface area contributed by atoms with Crippen LogP contribution in [0.15, 0.2) is 83.0 Å². The van der Waals surface area contributed by atoms with Gasteiger partial charge < -0.3 is 19.5 Å². The molecule has 0 unspecified atom stereocenters. The normalized spacial score (nSPS) is 16.6. The Hall–Kier alpha value is -6.44. The standard InChI is InChI=1S/C41H37F7N8O5/c1-22-16-25(55-33(40(43,44)45)20-61-21-34(55)41(46,47)48)18-28(42)35(22)37(58)52-29(32(57)7-5-14-54-15-13-50-23(54)2)17-24-8-9-30(36-26(24)6-4-11-51-36)56-38(59)27-10-12-49-19-31(27)53(3)39(56)60/h4,6,8-13,15-16,18-19,29,33-34H,5,7,14,17,20-21H2,1-3H3,(H,52,58)/t29-,33+,34+/m0/s1. The molecule has 1 fully saturated rings. The lowest BCUT2D eigenvalue weighted by atomic mass is 9.95. The molecule has 13 nitrogen and oxygen atoms in total. The summed E-state index contributed by atoms with van der Waals surface area (Å²) < 4.78 is 109. The monoisotopic (exact) mass is 854 g/mol. The summed E-state index contributed by atoms with van der Waals surface area (Å²) in [4.78, 5) is 67.9. The van der Waals surface area contributed by atoms with Gasteiger partial charge in [0.15, 0.2) is 5.78 Å². The molecule has 320 valence electrons. The third kappa shape index (κ3) is 8.35. The fourth-order valence-electron chi connectivity index (χ4n) is 7.71. The number of amides is 1. The number of ketones is 1. The molecule has 3 atom stereocenters. The Morgan fingerprint density at radius 1 is 0.934 bits per heavy atom. The maximum Gasteiger partial charge on any atom is 0.411 e. The van der Waals surface area contributed by atoms with Gasteiger partial charge in [0.05, 0.1) is 53.1 Å². The first-order valence-electron chi connectivity index (χ1n) is 18.9. The van der Waals surface area contributed by atoms with Crippen molar-refractivity contribution in [3.63, 3.8) is 0 Å². The summed E-state index contributed by atoms with van der Waals surface area (Å²) >= 11 is 0. The van der Waals surface area contributed by atoms with Gasteiger partial charge in [-0.1, -0.05) is 12.1 Å². The number of carbonyl (C=O) groups is 2. The van der Waals surface area contributed by atoms with Crippen LogP contribution in [0.25, 0.3) is 27.5 Å². The first-order chi connectivity index (χ1) is 28.9. The van der Waals surface area contributed by atoms with Crippen molar-refractivity contribution in [1.29, 1.82) is 0 Å². The fraction of sp³-hybridized carbons (Fsp3) is 0.341. The van der Waals surface area contributed by atoms with Crippen LogP contribution in [0.4, 0.5) is 36.4 Å². The van der Waals surface area contributed by atoms with E-state index in [9.17, 15) is 45.5 Å². The van der Waals surface area contributed by atoms with Crippen molar-refractivity contribution in [2.45, 2.75) is 70.1 Å². The Morgan fingerprint density at radius 3 is 2.31 bits per heavy atom. The van der Waals surface area contributed by atoms with Gasteiger partial charge in [-0.3, -0.25) is 28.9 Å². The van der Waals surface area contributed by atoms with Crippen molar-refractivity contribution in [1.82, 2.24) is 34.0 Å². The number of aryl methyl sites for hydroxylation is 4. The third-order valence-electron chi connectivity index (χ3n) is 10.8. The van der Waals surface area contributed by atoms with E-state index in [2.05, 4.69) is 25.0 Å². The van der Waals surface area contributed by atoms with E-state index in [1.54, 1.807) is 37.5 Å². The molecule has 5 heterocycles. The van der Waals surface area contributed by atoms with E-state index in [0.717, 1.165) is 17.6 Å². The Labute approximate surface area is 341 Å². The highest BCUT2D eigenvalue weighted by molar-refractivity contribution is 6.00. The number of aromatic nitrogens is 6. The molecule has 7 rings (SSSR count). The number of alkyl halides is 6. The summed E-state index contributed by atoms with van der Waals surface area (Å²) in [5, 5.41) is 3.18. The number of rotatable bonds is 11. The van der Waals surface area contributed by atoms with Gasteiger partial charge >= 0.3 is 18.0 Å². The number of nitrogens with zero attached hydrogens (tertiary/aromatic N) is 7. The highest BCUT2D eigenvalue weighted by Gasteiger charge is 2.55. The van der Waals surface area contributed by atoms with E-state index in [4.69, 9.17) is 0 Å². The van der Waals surface area contributed by atoms with Crippen molar-refractivity contribution in [2.75, 3.05) is 18.1 Å². The summed E-state index contributed by atoms with van der Waals surface area (Å²) in [6.07, 6.45) is -2.80. The van der Waals surface area contributed by atoms with Crippen LogP contribution in [0, 0.1) is 19.7 Å². The van der Waals surface area contributed by atoms with E-state index in [1.807, 2.05) is 4.57 Å². The maximum atomic E-state index is 16.0. The molecule has 1 amide bonds. The van der Waals surface area contributed by atoms with E-state index >= 15 is 4.39 Å². The maximum absolute atomic E-state index is 16.0. The number of hydrogen-bond donors (Lipinski definition) is 1. The summed E-state index contributed by atoms with van der Waals surface area (Å²) in [6.45, 7) is 1.05. The molecule has 1 saturated heterocycles. The predicted molar refractivity (Wildman–Crippen MR) is 208 cm³/mol. The molecule has 4 aromatic heterocycles. The van der Waals surface area contributed by atoms with Gasteiger partial charge in [0, 0.05) is 62.3 Å². The second kappa shape index (κ2) is 16.5. The molecule has 0 bridgehead atoms. The summed E-state index contributed by atoms with van der Waals surface area (Å²) in [6, 6.07) is 2.14. The summed E-state index contributed by atoms with van der Waals surface area (Å²) in [7, 11) is 1.48. The minimum absolute atomic E-state index is 0.0113. The molecule has 2 aromatic carbocycles. The number of ether oxygens (including phenoxy) is 1. The summed E-state index contributed by atoms with van der Waals surface area (Å²) in [5.74, 6) is -2.35. The second-order valence-electron chi connectivity index (χ2n) is 14.7. The number of fused-ring (bicyclic) bond motifs is 2. The Kier molecular flexibility index (Phi) is 11.6. The van der Waals surface area contributed by atoms with Crippen LogP contribution in [0.1, 0.15) is 40.2 Å². The van der Waals surface area contributed by atoms with Crippen LogP contribution in [-0.2, 0) is 29.5 Å². The van der Waals surface area contributed by atoms with Gasteiger partial charge in [0.2, 0.25) is 0 Å². The van der Waals surface area contributed by atoms with Gasteiger partial charge in [-0.05, 0) is 61.7 Å². The minimum Gasteiger partial charge on any atom is -0.376 e. The van der Waals surface area contributed by atoms with Crippen molar-refractivity contribution in [3.05, 3.63) is 123 Å². The number of hydrogen-bond acceptors (Lipinski definition) is 9. The van der Waals surface area contributed by atoms with E-state index < -0.39 is 83.7 Å². The molecule has 61 heavy (non-hydrogen) atoms. The molecule has 0 saturated carbocycles. The molecule has 6 aromatic rings. The number of Topliss-reactive ketones (excluding diaryl/α,β-unsaturated/α-hetero) is 1. The van der Waals surface area contributed by atoms with E-state index in [0.29, 0.717) is 41.3 Å². The molecule has 1 N–H and O–H groups in total. The molecule has 0 spiro atoms. The van der Waals surface area contributed by atoms with Crippen molar-refractivity contribution in [2.24, 2.45) is 7.05 Å². The van der Waals surface area contributed by atoms with Crippen molar-refractivity contribution >= 4 is 39.2 Å². The van der Waals surface area contributed by atoms with E-state index in [-0.39, 0.29) is 39.9 Å². The Morgan fingerprint density at radius 2 is 1.66 bits per heavy atom. The van der Waals surface area contributed by atoms with Crippen molar-refractivity contribution < 1.29 is 45.1 Å². The first kappa shape index (κ1) is 42.7. The van der Waals surface area contributed by atoms with Gasteiger partial charge in [-0.2, -0.15) is 26.3 Å². The van der Waals surface area contributed by atoms with Crippen LogP contribution in [-0.4, -0.2) is 84.0 Å². The lowest BCUT2D eigenvalue weighted by Crippen LogP contribution is -2.63. The van der Waals surface area contributed by atoms with Crippen LogP contribution < -0.4 is 21.5 Å². The lowest BCUT2D eigenvalue weighted by molar-refractivity contribution is -0.206. The zero-order chi connectivity index (χ0) is 44.0. The van der Waals surface area contributed by atoms with Crippen LogP contribution in [0.2, 0.25) is 0 Å². The number of imidazole rings is 1. The zero-order valence-corrected chi connectivity index (χ0v) is 32.7. The SMILES string of the molecule is Cc1cc(N2[C@@H](C(F)(F)F)COC[C@@H]2C(F)(F)F)cc(F)c1C(=O)N[C@@H](Cc1ccc(-n2c(=O)c3ccncc3n(C)c2=O)c2ncccc12)C(=O)CCCn1ccnc1C. The largest absolute Gasteiger partial charge is 0.411 e. The molecule has 1 aliphatic heterocycles. The summed E-state index contributed by atoms with van der Waals surface area (Å²) in [5.41, 5.74) is -1.99. The predicted octanol–water partition coefficient (Wildman–Crippen LogP) is 5.67. The Balaban J connectivity index is 1.25. The van der Waals surface area contributed by atoms with E-state index in [1.165, 1.54) is 42.3 Å². The van der Waals surface area contributed by atoms with Gasteiger partial charge in [-0.25, -0.2) is 18.7 Å². The minimum atomic E-state index is -5.19. The fourth-order valence-corrected chi connectivity index (χ4v) is 7.71. The van der Waals surface area contributed by atoms with Gasteiger partial charge in [0.1, 0.15) is 23.7 Å². The average Bonchev–Trinajstić information content (AvgIpc) is 3.62. The van der Waals surface area contributed by atoms with Crippen molar-refractivity contribution in [3.8, 4) is 5.69 Å². The molecule has 1 aliphatic rings. The Bertz CT molecular complexity index is 2740. The topological polar surface area (TPSA) is 146 Å². The number of carbonyl (C=O) groups excluding carboxylic acids is 2. The molecule has 20 heteroatoms. The molecular weight excluding hydrogens is 817 g/mol. The quantitative estimate of drug-likeness (QED) is 0.163. The van der Waals surface area contributed by atoms with Gasteiger partial charge in [-0.15, -0.1) is 0 Å². The highest BCUT2D eigenvalue weighted by Crippen LogP contribution is 2.40. The average molecular weight is 855 g/mol. The molecular formula is C41H37F7N8O5. The van der Waals surface area contributed by atoms with Crippen LogP contribution >= 0.6 is 0 Å². The molecule has 0 radical (unpaired) electrons. The number of benzene rings is 2. The first-order valence-corrected chi connectivity index (χ1v) is 18.9. The number of pyridine rings is 2. The lowest BCUT2D eigenvalue weighted by Gasteiger charge is -2.44. The molecule has 0 aliphatic carbocycles. The number of halogens is 7. The zero-order valence-electron chi connectivity index (χ0n) is 32.7. The third-order valence-corrected chi connectivity index (χ3v) is 10.8. The number of nitrogens with one attached hydrogen (secondary N) is 1. The second-order valence-corrected chi connectivity index (χ2v) is 14.7. The smallest absolute Gasteiger partial charge is 0.376 e. The van der Waals surface area contributed by atoms with Crippen LogP contribution in [0.3, 0.4) is 0 Å². The van der Waals surface area contributed by atoms with Gasteiger partial charge in [0.25, 0.3) is 11.5 Å². The number of morpholine rings is 1.